The van der Waals surface area contributed by atoms with Gasteiger partial charge >= 0.3 is 0 Å². The summed E-state index contributed by atoms with van der Waals surface area (Å²) in [5.74, 6) is 1.63. The fourth-order valence-corrected chi connectivity index (χ4v) is 9.68. The van der Waals surface area contributed by atoms with Crippen molar-refractivity contribution >= 4 is 16.8 Å². The number of Topliss-reactive ketones (excluding diaryl/α,β-unsaturated/α-hetero) is 1. The molecule has 0 N–H and O–H groups in total. The van der Waals surface area contributed by atoms with E-state index in [2.05, 4.69) is 37.9 Å². The fourth-order valence-electron chi connectivity index (χ4n) is 9.68. The topological polar surface area (TPSA) is 57.0 Å². The summed E-state index contributed by atoms with van der Waals surface area (Å²) in [7, 11) is 0. The Balaban J connectivity index is 1.22. The van der Waals surface area contributed by atoms with Gasteiger partial charge < -0.3 is 4.74 Å². The van der Waals surface area contributed by atoms with Crippen LogP contribution in [0, 0.1) is 58.0 Å². The van der Waals surface area contributed by atoms with Crippen molar-refractivity contribution in [3.8, 4) is 0 Å². The number of carbonyl (C=O) groups is 1. The Kier molecular flexibility index (Phi) is 6.68. The first kappa shape index (κ1) is 26.3. The zero-order valence-corrected chi connectivity index (χ0v) is 23.4. The molecule has 4 saturated carbocycles. The predicted molar refractivity (Wildman–Crippen MR) is 142 cm³/mol. The van der Waals surface area contributed by atoms with E-state index >= 15 is 0 Å². The van der Waals surface area contributed by atoms with Gasteiger partial charge in [0.2, 0.25) is 0 Å². The lowest BCUT2D eigenvalue weighted by atomic mass is 9.44. The molecule has 208 valence electrons. The number of nitrogens with zero attached hydrogens (tertiary/aromatic N) is 3. The monoisotopic (exact) mass is 527 g/mol. The van der Waals surface area contributed by atoms with Gasteiger partial charge in [-0.15, -0.1) is 5.10 Å². The van der Waals surface area contributed by atoms with Crippen molar-refractivity contribution < 1.29 is 18.3 Å². The maximum atomic E-state index is 14.2. The largest absolute Gasteiger partial charge is 0.378 e. The number of carbonyl (C=O) groups excluding carboxylic acids is 1. The molecule has 1 heterocycles. The Hall–Kier alpha value is -1.89. The van der Waals surface area contributed by atoms with Crippen molar-refractivity contribution in [2.24, 2.45) is 46.3 Å². The molecule has 38 heavy (non-hydrogen) atoms. The van der Waals surface area contributed by atoms with Gasteiger partial charge in [0.25, 0.3) is 0 Å². The number of rotatable bonds is 6. The first-order valence-electron chi connectivity index (χ1n) is 15.0. The number of halogens is 2. The minimum atomic E-state index is -1.00. The van der Waals surface area contributed by atoms with Crippen LogP contribution in [0.4, 0.5) is 8.78 Å². The van der Waals surface area contributed by atoms with Crippen LogP contribution in [0.5, 0.6) is 0 Å². The van der Waals surface area contributed by atoms with Crippen LogP contribution in [0.1, 0.15) is 85.5 Å². The summed E-state index contributed by atoms with van der Waals surface area (Å²) in [6, 6.07) is 2.47. The summed E-state index contributed by atoms with van der Waals surface area (Å²) in [4.78, 5) is 14.9. The highest BCUT2D eigenvalue weighted by Crippen LogP contribution is 2.68. The number of benzene rings is 1. The molecule has 1 aromatic heterocycles. The normalized spacial score (nSPS) is 38.7. The number of fused-ring (bicyclic) bond motifs is 6. The van der Waals surface area contributed by atoms with E-state index in [0.29, 0.717) is 23.2 Å². The van der Waals surface area contributed by atoms with E-state index < -0.39 is 11.6 Å². The van der Waals surface area contributed by atoms with E-state index in [1.165, 1.54) is 49.4 Å². The summed E-state index contributed by atoms with van der Waals surface area (Å²) < 4.78 is 34.2. The van der Waals surface area contributed by atoms with Gasteiger partial charge in [-0.3, -0.25) is 4.79 Å². The molecule has 5 nitrogen and oxygen atoms in total. The maximum absolute atomic E-state index is 14.2. The molecule has 1 aromatic carbocycles. The average molecular weight is 528 g/mol. The second kappa shape index (κ2) is 9.64. The second-order valence-electron chi connectivity index (χ2n) is 13.7. The van der Waals surface area contributed by atoms with E-state index in [0.717, 1.165) is 43.8 Å². The van der Waals surface area contributed by atoms with Crippen molar-refractivity contribution in [1.82, 2.24) is 15.0 Å². The highest BCUT2D eigenvalue weighted by atomic mass is 19.2. The molecule has 4 fully saturated rings. The Bertz CT molecular complexity index is 1210. The predicted octanol–water partition coefficient (Wildman–Crippen LogP) is 6.98. The van der Waals surface area contributed by atoms with E-state index in [-0.39, 0.29) is 40.8 Å². The molecular formula is C31H43F2N3O2. The molecular weight excluding hydrogens is 484 g/mol. The minimum absolute atomic E-state index is 0.0168. The van der Waals surface area contributed by atoms with Crippen molar-refractivity contribution in [2.75, 3.05) is 6.61 Å². The molecule has 0 saturated heterocycles. The number of hydrogen-bond acceptors (Lipinski definition) is 4. The first-order chi connectivity index (χ1) is 18.1. The minimum Gasteiger partial charge on any atom is -0.378 e. The molecule has 0 radical (unpaired) electrons. The summed E-state index contributed by atoms with van der Waals surface area (Å²) in [5, 5.41) is 8.41. The molecule has 7 unspecified atom stereocenters. The van der Waals surface area contributed by atoms with Crippen molar-refractivity contribution in [2.45, 2.75) is 98.1 Å². The van der Waals surface area contributed by atoms with E-state index in [1.54, 1.807) is 0 Å². The summed E-state index contributed by atoms with van der Waals surface area (Å²) in [5.41, 5.74) is 0.444. The number of hydrogen-bond donors (Lipinski definition) is 0. The Morgan fingerprint density at radius 3 is 2.68 bits per heavy atom. The van der Waals surface area contributed by atoms with Gasteiger partial charge in [-0.1, -0.05) is 20.3 Å². The molecule has 4 aliphatic carbocycles. The molecule has 6 rings (SSSR count). The highest BCUT2D eigenvalue weighted by Gasteiger charge is 2.62. The Morgan fingerprint density at radius 1 is 1.08 bits per heavy atom. The van der Waals surface area contributed by atoms with Gasteiger partial charge in [-0.2, -0.15) is 9.90 Å². The standard InChI is InChI=1S/C31H43F2N3O2/c1-18(2)38-17-31-14-11-19(3)15-20(31)5-6-21-22-7-8-24(30(22,4)13-12-23(21)31)27(37)16-36-34-26-10-9-25(32)28(33)29(26)35-36/h9-10,18-24H,5-8,11-17H2,1-4H3/t19?,20?,21?,22?,23?,24-,30?,31?/m1/s1. The molecule has 0 amide bonds. The molecule has 2 aromatic rings. The number of aromatic nitrogens is 3. The van der Waals surface area contributed by atoms with Crippen LogP contribution in [-0.4, -0.2) is 33.5 Å². The number of ether oxygens (including phenoxy) is 1. The summed E-state index contributed by atoms with van der Waals surface area (Å²) in [6.07, 6.45) is 11.0. The zero-order chi connectivity index (χ0) is 26.8. The van der Waals surface area contributed by atoms with Crippen molar-refractivity contribution in [1.29, 1.82) is 0 Å². The lowest BCUT2D eigenvalue weighted by molar-refractivity contribution is -0.163. The van der Waals surface area contributed by atoms with Gasteiger partial charge in [-0.25, -0.2) is 8.78 Å². The summed E-state index contributed by atoms with van der Waals surface area (Å²) >= 11 is 0. The fraction of sp³-hybridized carbons (Fsp3) is 0.774. The zero-order valence-electron chi connectivity index (χ0n) is 23.4. The third-order valence-corrected chi connectivity index (χ3v) is 11.5. The SMILES string of the molecule is CC1CCC2(COC(C)C)C(CCC3C2CCC2(C)C3CC[C@@H]2C(=O)Cn2nc3ccc(F)c(F)c3n2)C1. The van der Waals surface area contributed by atoms with Gasteiger partial charge in [0.15, 0.2) is 22.9 Å². The van der Waals surface area contributed by atoms with E-state index in [9.17, 15) is 13.6 Å². The van der Waals surface area contributed by atoms with Crippen LogP contribution in [0.15, 0.2) is 12.1 Å². The molecule has 8 atom stereocenters. The van der Waals surface area contributed by atoms with Crippen LogP contribution < -0.4 is 0 Å². The first-order valence-corrected chi connectivity index (χ1v) is 15.0. The molecule has 4 aliphatic rings. The summed E-state index contributed by atoms with van der Waals surface area (Å²) in [6.45, 7) is 10.0. The highest BCUT2D eigenvalue weighted by molar-refractivity contribution is 5.82. The molecule has 0 spiro atoms. The number of ketones is 1. The smallest absolute Gasteiger partial charge is 0.188 e. The van der Waals surface area contributed by atoms with Crippen molar-refractivity contribution in [3.05, 3.63) is 23.8 Å². The maximum Gasteiger partial charge on any atom is 0.188 e. The van der Waals surface area contributed by atoms with Crippen LogP contribution in [0.3, 0.4) is 0 Å². The van der Waals surface area contributed by atoms with Gasteiger partial charge in [0.1, 0.15) is 12.1 Å². The van der Waals surface area contributed by atoms with Gasteiger partial charge in [0.05, 0.1) is 12.7 Å². The quantitative estimate of drug-likeness (QED) is 0.407. The third kappa shape index (κ3) is 4.13. The average Bonchev–Trinajstić information content (AvgIpc) is 3.45. The Labute approximate surface area is 225 Å². The lowest BCUT2D eigenvalue weighted by Crippen LogP contribution is -2.56. The van der Waals surface area contributed by atoms with Crippen LogP contribution >= 0.6 is 0 Å². The molecule has 0 bridgehead atoms. The van der Waals surface area contributed by atoms with Crippen LogP contribution in [0.25, 0.3) is 11.0 Å². The molecule has 0 aliphatic heterocycles. The van der Waals surface area contributed by atoms with Gasteiger partial charge in [-0.05, 0) is 118 Å². The lowest BCUT2D eigenvalue weighted by Gasteiger charge is -2.62. The third-order valence-electron chi connectivity index (χ3n) is 11.5. The van der Waals surface area contributed by atoms with Crippen LogP contribution in [0.2, 0.25) is 0 Å². The Morgan fingerprint density at radius 2 is 1.89 bits per heavy atom. The van der Waals surface area contributed by atoms with Gasteiger partial charge in [0, 0.05) is 5.92 Å². The van der Waals surface area contributed by atoms with E-state index in [4.69, 9.17) is 4.74 Å². The van der Waals surface area contributed by atoms with Crippen molar-refractivity contribution in [3.63, 3.8) is 0 Å². The second-order valence-corrected chi connectivity index (χ2v) is 13.7. The van der Waals surface area contributed by atoms with E-state index in [1.807, 2.05) is 0 Å². The van der Waals surface area contributed by atoms with Crippen LogP contribution in [-0.2, 0) is 16.1 Å². The molecule has 7 heteroatoms.